The summed E-state index contributed by atoms with van der Waals surface area (Å²) >= 11 is 0. The van der Waals surface area contributed by atoms with Crippen molar-refractivity contribution in [3.63, 3.8) is 0 Å². The zero-order valence-electron chi connectivity index (χ0n) is 14.9. The largest absolute Gasteiger partial charge is 0.371 e. The van der Waals surface area contributed by atoms with Crippen LogP contribution in [0.5, 0.6) is 0 Å². The summed E-state index contributed by atoms with van der Waals surface area (Å²) < 4.78 is 0. The van der Waals surface area contributed by atoms with Gasteiger partial charge in [-0.1, -0.05) is 41.5 Å². The van der Waals surface area contributed by atoms with Crippen LogP contribution in [0.2, 0.25) is 0 Å². The number of rotatable bonds is 8. The van der Waals surface area contributed by atoms with Gasteiger partial charge < -0.3 is 10.2 Å². The molecule has 120 valence electrons. The Morgan fingerprint density at radius 2 is 1.62 bits per heavy atom. The Kier molecular flexibility index (Phi) is 7.16. The zero-order valence-corrected chi connectivity index (χ0v) is 14.9. The molecule has 0 spiro atoms. The maximum atomic E-state index is 4.49. The number of nitrogens with one attached hydrogen (secondary N) is 1. The second-order valence-corrected chi connectivity index (χ2v) is 7.18. The van der Waals surface area contributed by atoms with E-state index in [-0.39, 0.29) is 0 Å². The van der Waals surface area contributed by atoms with Crippen LogP contribution >= 0.6 is 0 Å². The SMILES string of the molecule is Cc1cc(N(CC(C)C)CC(C)C)c(CNC(C)C)cn1. The van der Waals surface area contributed by atoms with Crippen molar-refractivity contribution in [3.05, 3.63) is 23.5 Å². The fourth-order valence-electron chi connectivity index (χ4n) is 2.47. The topological polar surface area (TPSA) is 28.2 Å². The summed E-state index contributed by atoms with van der Waals surface area (Å²) in [6.45, 7) is 18.6. The van der Waals surface area contributed by atoms with Crippen LogP contribution in [0, 0.1) is 18.8 Å². The van der Waals surface area contributed by atoms with Gasteiger partial charge in [-0.15, -0.1) is 0 Å². The molecule has 0 radical (unpaired) electrons. The average Bonchev–Trinajstić information content (AvgIpc) is 2.35. The first kappa shape index (κ1) is 18.0. The second kappa shape index (κ2) is 8.38. The summed E-state index contributed by atoms with van der Waals surface area (Å²) in [6.07, 6.45) is 2.04. The first-order valence-electron chi connectivity index (χ1n) is 8.23. The van der Waals surface area contributed by atoms with Gasteiger partial charge in [0.15, 0.2) is 0 Å². The quantitative estimate of drug-likeness (QED) is 0.784. The molecule has 1 rings (SSSR count). The molecular weight excluding hydrogens is 258 g/mol. The summed E-state index contributed by atoms with van der Waals surface area (Å²) in [6, 6.07) is 2.73. The summed E-state index contributed by atoms with van der Waals surface area (Å²) in [7, 11) is 0. The third-order valence-electron chi connectivity index (χ3n) is 3.31. The lowest BCUT2D eigenvalue weighted by Crippen LogP contribution is -2.33. The van der Waals surface area contributed by atoms with Crippen molar-refractivity contribution in [3.8, 4) is 0 Å². The van der Waals surface area contributed by atoms with Crippen LogP contribution in [0.4, 0.5) is 5.69 Å². The third kappa shape index (κ3) is 6.47. The van der Waals surface area contributed by atoms with Crippen molar-refractivity contribution in [2.75, 3.05) is 18.0 Å². The molecule has 0 fully saturated rings. The van der Waals surface area contributed by atoms with E-state index in [0.717, 1.165) is 25.3 Å². The summed E-state index contributed by atoms with van der Waals surface area (Å²) in [4.78, 5) is 7.02. The van der Waals surface area contributed by atoms with E-state index in [1.807, 2.05) is 6.20 Å². The number of aryl methyl sites for hydroxylation is 1. The monoisotopic (exact) mass is 291 g/mol. The van der Waals surface area contributed by atoms with Crippen molar-refractivity contribution in [2.24, 2.45) is 11.8 Å². The fraction of sp³-hybridized carbons (Fsp3) is 0.722. The minimum Gasteiger partial charge on any atom is -0.371 e. The molecular formula is C18H33N3. The number of hydrogen-bond donors (Lipinski definition) is 1. The maximum Gasteiger partial charge on any atom is 0.0445 e. The summed E-state index contributed by atoms with van der Waals surface area (Å²) in [5, 5.41) is 3.52. The molecule has 0 saturated heterocycles. The number of nitrogens with zero attached hydrogens (tertiary/aromatic N) is 2. The van der Waals surface area contributed by atoms with Gasteiger partial charge in [0.25, 0.3) is 0 Å². The Morgan fingerprint density at radius 1 is 1.05 bits per heavy atom. The van der Waals surface area contributed by atoms with Crippen LogP contribution < -0.4 is 10.2 Å². The zero-order chi connectivity index (χ0) is 16.0. The van der Waals surface area contributed by atoms with Gasteiger partial charge in [0.1, 0.15) is 0 Å². The number of pyridine rings is 1. The molecule has 1 N–H and O–H groups in total. The highest BCUT2D eigenvalue weighted by Gasteiger charge is 2.15. The molecule has 0 saturated carbocycles. The molecule has 0 aromatic carbocycles. The van der Waals surface area contributed by atoms with Gasteiger partial charge >= 0.3 is 0 Å². The molecule has 0 aliphatic heterocycles. The molecule has 3 heteroatoms. The second-order valence-electron chi connectivity index (χ2n) is 7.18. The van der Waals surface area contributed by atoms with Gasteiger partial charge in [0.05, 0.1) is 0 Å². The Morgan fingerprint density at radius 3 is 2.10 bits per heavy atom. The predicted octanol–water partition coefficient (Wildman–Crippen LogP) is 4.01. The molecule has 0 amide bonds. The minimum atomic E-state index is 0.489. The van der Waals surface area contributed by atoms with Crippen molar-refractivity contribution in [1.29, 1.82) is 0 Å². The molecule has 0 aliphatic rings. The molecule has 1 heterocycles. The van der Waals surface area contributed by atoms with E-state index in [0.29, 0.717) is 17.9 Å². The maximum absolute atomic E-state index is 4.49. The van der Waals surface area contributed by atoms with Crippen molar-refractivity contribution in [1.82, 2.24) is 10.3 Å². The molecule has 1 aromatic rings. The van der Waals surface area contributed by atoms with Gasteiger partial charge in [-0.25, -0.2) is 0 Å². The number of aromatic nitrogens is 1. The van der Waals surface area contributed by atoms with Gasteiger partial charge in [-0.05, 0) is 24.8 Å². The van der Waals surface area contributed by atoms with E-state index in [2.05, 4.69) is 69.7 Å². The Labute approximate surface area is 131 Å². The van der Waals surface area contributed by atoms with Crippen LogP contribution in [-0.4, -0.2) is 24.1 Å². The van der Waals surface area contributed by atoms with Crippen LogP contribution in [0.1, 0.15) is 52.8 Å². The molecule has 0 aliphatic carbocycles. The van der Waals surface area contributed by atoms with Gasteiger partial charge in [0.2, 0.25) is 0 Å². The van der Waals surface area contributed by atoms with Crippen molar-refractivity contribution < 1.29 is 0 Å². The first-order valence-corrected chi connectivity index (χ1v) is 8.23. The van der Waals surface area contributed by atoms with E-state index in [9.17, 15) is 0 Å². The Hall–Kier alpha value is -1.09. The molecule has 1 aromatic heterocycles. The van der Waals surface area contributed by atoms with E-state index in [1.165, 1.54) is 11.3 Å². The Bertz CT molecular complexity index is 414. The smallest absolute Gasteiger partial charge is 0.0445 e. The molecule has 0 unspecified atom stereocenters. The number of hydrogen-bond acceptors (Lipinski definition) is 3. The number of anilines is 1. The normalized spacial score (nSPS) is 11.7. The molecule has 21 heavy (non-hydrogen) atoms. The highest BCUT2D eigenvalue weighted by molar-refractivity contribution is 5.53. The van der Waals surface area contributed by atoms with E-state index in [1.54, 1.807) is 0 Å². The lowest BCUT2D eigenvalue weighted by atomic mass is 10.1. The average molecular weight is 291 g/mol. The summed E-state index contributed by atoms with van der Waals surface area (Å²) in [5.41, 5.74) is 3.74. The van der Waals surface area contributed by atoms with Crippen LogP contribution in [-0.2, 0) is 6.54 Å². The van der Waals surface area contributed by atoms with Gasteiger partial charge in [0, 0.05) is 48.8 Å². The van der Waals surface area contributed by atoms with Crippen LogP contribution in [0.15, 0.2) is 12.3 Å². The van der Waals surface area contributed by atoms with Crippen molar-refractivity contribution >= 4 is 5.69 Å². The van der Waals surface area contributed by atoms with Crippen LogP contribution in [0.25, 0.3) is 0 Å². The standard InChI is InChI=1S/C18H33N3/c1-13(2)11-21(12-14(3)4)18-8-16(7)20-10-17(18)9-19-15(5)6/h8,10,13-15,19H,9,11-12H2,1-7H3. The van der Waals surface area contributed by atoms with Gasteiger partial charge in [-0.2, -0.15) is 0 Å². The Balaban J connectivity index is 3.05. The van der Waals surface area contributed by atoms with Crippen molar-refractivity contribution in [2.45, 2.75) is 61.1 Å². The highest BCUT2D eigenvalue weighted by atomic mass is 15.1. The fourth-order valence-corrected chi connectivity index (χ4v) is 2.47. The predicted molar refractivity (Wildman–Crippen MR) is 92.8 cm³/mol. The van der Waals surface area contributed by atoms with Crippen LogP contribution in [0.3, 0.4) is 0 Å². The van der Waals surface area contributed by atoms with E-state index in [4.69, 9.17) is 0 Å². The third-order valence-corrected chi connectivity index (χ3v) is 3.31. The minimum absolute atomic E-state index is 0.489. The van der Waals surface area contributed by atoms with E-state index >= 15 is 0 Å². The summed E-state index contributed by atoms with van der Waals surface area (Å²) in [5.74, 6) is 1.31. The highest BCUT2D eigenvalue weighted by Crippen LogP contribution is 2.23. The van der Waals surface area contributed by atoms with E-state index < -0.39 is 0 Å². The first-order chi connectivity index (χ1) is 9.79. The molecule has 0 atom stereocenters. The lowest BCUT2D eigenvalue weighted by Gasteiger charge is -2.31. The van der Waals surface area contributed by atoms with Gasteiger partial charge in [-0.3, -0.25) is 4.98 Å². The molecule has 3 nitrogen and oxygen atoms in total. The lowest BCUT2D eigenvalue weighted by molar-refractivity contribution is 0.546. The molecule has 0 bridgehead atoms.